The third-order valence-electron chi connectivity index (χ3n) is 4.10. The quantitative estimate of drug-likeness (QED) is 0.719. The van der Waals surface area contributed by atoms with Crippen molar-refractivity contribution in [1.29, 1.82) is 0 Å². The Morgan fingerprint density at radius 2 is 2.19 bits per heavy atom. The van der Waals surface area contributed by atoms with Crippen molar-refractivity contribution < 1.29 is 0 Å². The maximum Gasteiger partial charge on any atom is 0.163 e. The van der Waals surface area contributed by atoms with Crippen molar-refractivity contribution in [3.63, 3.8) is 0 Å². The number of anilines is 1. The molecule has 6 nitrogen and oxygen atoms in total. The van der Waals surface area contributed by atoms with Gasteiger partial charge in [0.1, 0.15) is 12.1 Å². The first-order valence-electron chi connectivity index (χ1n) is 7.14. The highest BCUT2D eigenvalue weighted by Gasteiger charge is 2.29. The smallest absolute Gasteiger partial charge is 0.163 e. The topological polar surface area (TPSA) is 59.7 Å². The highest BCUT2D eigenvalue weighted by molar-refractivity contribution is 5.86. The molecule has 0 radical (unpaired) electrons. The van der Waals surface area contributed by atoms with Gasteiger partial charge in [0.25, 0.3) is 0 Å². The molecule has 4 rings (SSSR count). The fourth-order valence-electron chi connectivity index (χ4n) is 3.12. The molecule has 0 N–H and O–H groups in total. The number of fused-ring (bicyclic) bond motifs is 1. The summed E-state index contributed by atoms with van der Waals surface area (Å²) >= 11 is 0. The number of hydrogen-bond donors (Lipinski definition) is 0. The zero-order chi connectivity index (χ0) is 14.2. The Bertz CT molecular complexity index is 766. The largest absolute Gasteiger partial charge is 0.349 e. The summed E-state index contributed by atoms with van der Waals surface area (Å²) in [6, 6.07) is 4.46. The summed E-state index contributed by atoms with van der Waals surface area (Å²) in [6.07, 6.45) is 9.52. The van der Waals surface area contributed by atoms with Crippen LogP contribution in [0, 0.1) is 0 Å². The minimum Gasteiger partial charge on any atom is -0.349 e. The van der Waals surface area contributed by atoms with Gasteiger partial charge >= 0.3 is 0 Å². The van der Waals surface area contributed by atoms with Crippen molar-refractivity contribution in [2.24, 2.45) is 7.05 Å². The van der Waals surface area contributed by atoms with Gasteiger partial charge in [0.05, 0.1) is 17.6 Å². The molecule has 0 saturated carbocycles. The second kappa shape index (κ2) is 4.80. The van der Waals surface area contributed by atoms with Crippen LogP contribution < -0.4 is 4.90 Å². The minimum atomic E-state index is 0.331. The lowest BCUT2D eigenvalue weighted by Crippen LogP contribution is -2.24. The number of nitrogens with zero attached hydrogens (tertiary/aromatic N) is 6. The third-order valence-corrected chi connectivity index (χ3v) is 4.10. The fourth-order valence-corrected chi connectivity index (χ4v) is 3.12. The maximum absolute atomic E-state index is 4.52. The first kappa shape index (κ1) is 12.3. The van der Waals surface area contributed by atoms with Crippen molar-refractivity contribution in [2.75, 3.05) is 11.4 Å². The molecule has 3 aromatic rings. The van der Waals surface area contributed by atoms with Gasteiger partial charge in [-0.15, -0.1) is 0 Å². The van der Waals surface area contributed by atoms with E-state index >= 15 is 0 Å². The van der Waals surface area contributed by atoms with Crippen LogP contribution in [0.1, 0.15) is 24.4 Å². The Hall–Kier alpha value is -2.50. The van der Waals surface area contributed by atoms with Gasteiger partial charge < -0.3 is 4.90 Å². The van der Waals surface area contributed by atoms with Crippen molar-refractivity contribution in [1.82, 2.24) is 24.7 Å². The average Bonchev–Trinajstić information content (AvgIpc) is 3.15. The molecule has 1 unspecified atom stereocenters. The molecule has 6 heteroatoms. The van der Waals surface area contributed by atoms with Crippen molar-refractivity contribution >= 4 is 16.9 Å². The molecule has 0 aromatic carbocycles. The summed E-state index contributed by atoms with van der Waals surface area (Å²) in [7, 11) is 1.90. The van der Waals surface area contributed by atoms with Gasteiger partial charge in [0.15, 0.2) is 5.65 Å². The molecule has 1 aliphatic rings. The van der Waals surface area contributed by atoms with Crippen molar-refractivity contribution in [3.05, 3.63) is 42.6 Å². The van der Waals surface area contributed by atoms with Crippen LogP contribution in [0.2, 0.25) is 0 Å². The van der Waals surface area contributed by atoms with E-state index in [2.05, 4.69) is 31.0 Å². The van der Waals surface area contributed by atoms with Gasteiger partial charge in [-0.1, -0.05) is 6.07 Å². The summed E-state index contributed by atoms with van der Waals surface area (Å²) in [6.45, 7) is 1.00. The van der Waals surface area contributed by atoms with Crippen LogP contribution in [0.25, 0.3) is 11.0 Å². The van der Waals surface area contributed by atoms with Gasteiger partial charge in [-0.05, 0) is 24.5 Å². The SMILES string of the molecule is Cn1ncc2c(N3CCCC3c3cccnc3)ncnc21. The van der Waals surface area contributed by atoms with E-state index in [0.29, 0.717) is 6.04 Å². The van der Waals surface area contributed by atoms with Gasteiger partial charge in [0, 0.05) is 26.0 Å². The van der Waals surface area contributed by atoms with Crippen LogP contribution in [-0.2, 0) is 7.05 Å². The molecule has 0 bridgehead atoms. The lowest BCUT2D eigenvalue weighted by molar-refractivity contribution is 0.709. The molecule has 1 atom stereocenters. The fraction of sp³-hybridized carbons (Fsp3) is 0.333. The molecular weight excluding hydrogens is 264 g/mol. The first-order valence-corrected chi connectivity index (χ1v) is 7.14. The highest BCUT2D eigenvalue weighted by Crippen LogP contribution is 2.37. The Labute approximate surface area is 122 Å². The van der Waals surface area contributed by atoms with Crippen molar-refractivity contribution in [2.45, 2.75) is 18.9 Å². The van der Waals surface area contributed by atoms with E-state index in [9.17, 15) is 0 Å². The van der Waals surface area contributed by atoms with Gasteiger partial charge in [-0.2, -0.15) is 5.10 Å². The molecule has 0 amide bonds. The van der Waals surface area contributed by atoms with Gasteiger partial charge in [-0.25, -0.2) is 9.97 Å². The number of pyridine rings is 1. The monoisotopic (exact) mass is 280 g/mol. The van der Waals surface area contributed by atoms with Crippen LogP contribution in [-0.4, -0.2) is 31.3 Å². The second-order valence-corrected chi connectivity index (χ2v) is 5.34. The number of aromatic nitrogens is 5. The molecule has 4 heterocycles. The maximum atomic E-state index is 4.52. The number of hydrogen-bond acceptors (Lipinski definition) is 5. The normalized spacial score (nSPS) is 18.5. The first-order chi connectivity index (χ1) is 10.3. The summed E-state index contributed by atoms with van der Waals surface area (Å²) < 4.78 is 1.79. The van der Waals surface area contributed by atoms with E-state index < -0.39 is 0 Å². The molecule has 106 valence electrons. The molecule has 1 aliphatic heterocycles. The molecule has 21 heavy (non-hydrogen) atoms. The van der Waals surface area contributed by atoms with E-state index in [0.717, 1.165) is 36.2 Å². The summed E-state index contributed by atoms with van der Waals surface area (Å²) in [5.41, 5.74) is 2.11. The van der Waals surface area contributed by atoms with E-state index in [1.165, 1.54) is 5.56 Å². The standard InChI is InChI=1S/C15H16N6/c1-20-14-12(9-19-20)15(18-10-17-14)21-7-3-5-13(21)11-4-2-6-16-8-11/h2,4,6,8-10,13H,3,5,7H2,1H3. The van der Waals surface area contributed by atoms with Crippen LogP contribution >= 0.6 is 0 Å². The van der Waals surface area contributed by atoms with E-state index in [-0.39, 0.29) is 0 Å². The summed E-state index contributed by atoms with van der Waals surface area (Å²) in [5.74, 6) is 0.972. The lowest BCUT2D eigenvalue weighted by atomic mass is 10.1. The summed E-state index contributed by atoms with van der Waals surface area (Å²) in [5, 5.41) is 5.31. The minimum absolute atomic E-state index is 0.331. The van der Waals surface area contributed by atoms with Crippen LogP contribution in [0.4, 0.5) is 5.82 Å². The van der Waals surface area contributed by atoms with Gasteiger partial charge in [0.2, 0.25) is 0 Å². The molecule has 1 fully saturated rings. The van der Waals surface area contributed by atoms with Crippen LogP contribution in [0.3, 0.4) is 0 Å². The van der Waals surface area contributed by atoms with E-state index in [1.807, 2.05) is 31.7 Å². The van der Waals surface area contributed by atoms with Crippen LogP contribution in [0.5, 0.6) is 0 Å². The predicted molar refractivity (Wildman–Crippen MR) is 79.9 cm³/mol. The zero-order valence-electron chi connectivity index (χ0n) is 11.8. The molecular formula is C15H16N6. The highest BCUT2D eigenvalue weighted by atomic mass is 15.3. The van der Waals surface area contributed by atoms with Gasteiger partial charge in [-0.3, -0.25) is 9.67 Å². The second-order valence-electron chi connectivity index (χ2n) is 5.34. The molecule has 0 spiro atoms. The average molecular weight is 280 g/mol. The lowest BCUT2D eigenvalue weighted by Gasteiger charge is -2.26. The van der Waals surface area contributed by atoms with E-state index in [1.54, 1.807) is 11.0 Å². The Morgan fingerprint density at radius 1 is 1.24 bits per heavy atom. The van der Waals surface area contributed by atoms with Crippen LogP contribution in [0.15, 0.2) is 37.1 Å². The molecule has 1 saturated heterocycles. The zero-order valence-corrected chi connectivity index (χ0v) is 11.8. The molecule has 0 aliphatic carbocycles. The Morgan fingerprint density at radius 3 is 3.05 bits per heavy atom. The Kier molecular flexibility index (Phi) is 2.80. The van der Waals surface area contributed by atoms with Crippen molar-refractivity contribution in [3.8, 4) is 0 Å². The molecule has 3 aromatic heterocycles. The number of aryl methyl sites for hydroxylation is 1. The predicted octanol–water partition coefficient (Wildman–Crippen LogP) is 2.10. The third kappa shape index (κ3) is 1.94. The number of rotatable bonds is 2. The van der Waals surface area contributed by atoms with E-state index in [4.69, 9.17) is 0 Å². The summed E-state index contributed by atoms with van der Waals surface area (Å²) in [4.78, 5) is 15.4. The Balaban J connectivity index is 1.80.